The van der Waals surface area contributed by atoms with Crippen molar-refractivity contribution < 1.29 is 14.7 Å². The molecule has 174 valence electrons. The molecule has 0 atom stereocenters. The second-order valence-electron chi connectivity index (χ2n) is 7.20. The van der Waals surface area contributed by atoms with Crippen molar-refractivity contribution in [1.82, 2.24) is 35.2 Å². The zero-order chi connectivity index (χ0) is 23.3. The number of benzene rings is 1. The Hall–Kier alpha value is -3.51. The summed E-state index contributed by atoms with van der Waals surface area (Å²) in [4.78, 5) is 24.0. The molecule has 12 heteroatoms. The zero-order valence-corrected chi connectivity index (χ0v) is 18.2. The van der Waals surface area contributed by atoms with Gasteiger partial charge < -0.3 is 21.1 Å². The number of aromatic nitrogens is 3. The second kappa shape index (κ2) is 13.0. The summed E-state index contributed by atoms with van der Waals surface area (Å²) in [5.41, 5.74) is 6.22. The van der Waals surface area contributed by atoms with E-state index in [0.717, 1.165) is 18.8 Å². The molecular formula is C20H31N9O3. The third-order valence-corrected chi connectivity index (χ3v) is 4.69. The summed E-state index contributed by atoms with van der Waals surface area (Å²) in [5, 5.41) is 30.7. The van der Waals surface area contributed by atoms with Crippen LogP contribution >= 0.6 is 0 Å². The Kier molecular flexibility index (Phi) is 10.1. The molecule has 1 fully saturated rings. The maximum Gasteiger partial charge on any atom is 0.305 e. The first kappa shape index (κ1) is 24.8. The number of nitrogens with zero attached hydrogens (tertiary/aromatic N) is 6. The minimum absolute atomic E-state index is 0.00633. The summed E-state index contributed by atoms with van der Waals surface area (Å²) in [6, 6.07) is 12.0. The number of nitrogens with two attached hydrogens (primary N) is 1. The minimum atomic E-state index is -0.958. The van der Waals surface area contributed by atoms with E-state index in [4.69, 9.17) is 16.2 Å². The first-order valence-corrected chi connectivity index (χ1v) is 10.3. The van der Waals surface area contributed by atoms with Crippen LogP contribution in [-0.4, -0.2) is 92.6 Å². The number of nitrogens with one attached hydrogen (secondary N) is 2. The van der Waals surface area contributed by atoms with E-state index in [1.807, 2.05) is 53.4 Å². The van der Waals surface area contributed by atoms with Crippen LogP contribution in [0.25, 0.3) is 0 Å². The van der Waals surface area contributed by atoms with E-state index >= 15 is 0 Å². The van der Waals surface area contributed by atoms with Crippen LogP contribution in [0.15, 0.2) is 42.6 Å². The van der Waals surface area contributed by atoms with Crippen LogP contribution in [0, 0.1) is 5.41 Å². The lowest BCUT2D eigenvalue weighted by molar-refractivity contribution is -0.136. The van der Waals surface area contributed by atoms with E-state index in [9.17, 15) is 9.59 Å². The van der Waals surface area contributed by atoms with Gasteiger partial charge in [0.25, 0.3) is 0 Å². The predicted molar refractivity (Wildman–Crippen MR) is 118 cm³/mol. The fraction of sp³-hybridized carbons (Fsp3) is 0.450. The van der Waals surface area contributed by atoms with Crippen LogP contribution in [0.1, 0.15) is 12.1 Å². The molecule has 0 spiro atoms. The second-order valence-corrected chi connectivity index (χ2v) is 7.20. The molecule has 1 aromatic carbocycles. The number of hydrogen-bond donors (Lipinski definition) is 4. The molecule has 0 radical (unpaired) electrons. The van der Waals surface area contributed by atoms with Gasteiger partial charge in [-0.25, -0.2) is 14.7 Å². The minimum Gasteiger partial charge on any atom is -0.481 e. The summed E-state index contributed by atoms with van der Waals surface area (Å²) < 4.78 is 1.42. The molecule has 2 aromatic rings. The largest absolute Gasteiger partial charge is 0.481 e. The van der Waals surface area contributed by atoms with Crippen LogP contribution in [0.3, 0.4) is 0 Å². The van der Waals surface area contributed by atoms with Crippen molar-refractivity contribution in [1.29, 1.82) is 5.41 Å². The summed E-state index contributed by atoms with van der Waals surface area (Å²) in [6.45, 7) is 3.54. The average Bonchev–Trinajstić information content (AvgIpc) is 3.21. The number of aliphatic carboxylic acids is 1. The molecule has 1 saturated heterocycles. The maximum atomic E-state index is 11.7. The summed E-state index contributed by atoms with van der Waals surface area (Å²) in [7, 11) is 1.95. The van der Waals surface area contributed by atoms with Gasteiger partial charge in [0.05, 0.1) is 24.9 Å². The molecule has 32 heavy (non-hydrogen) atoms. The van der Waals surface area contributed by atoms with Gasteiger partial charge in [0.15, 0.2) is 5.96 Å². The van der Waals surface area contributed by atoms with Crippen LogP contribution in [0.5, 0.6) is 0 Å². The standard InChI is InChI=1S/C14H25N9O3.C6H6/c1-20(23-6-4-21(5-7-23)14(15)16)8-11-9-22(19-18-11)10-12(24)17-3-2-13(25)26;1-2-4-6-5-3-1/h9H,2-8,10H2,1H3,(H3,15,16)(H,17,24)(H,25,26);1-6H. The fourth-order valence-electron chi connectivity index (χ4n) is 3.00. The Morgan fingerprint density at radius 1 is 1.16 bits per heavy atom. The number of guanidine groups is 1. The van der Waals surface area contributed by atoms with Gasteiger partial charge in [0.2, 0.25) is 5.91 Å². The van der Waals surface area contributed by atoms with E-state index in [-0.39, 0.29) is 31.4 Å². The molecule has 3 rings (SSSR count). The van der Waals surface area contributed by atoms with Crippen molar-refractivity contribution in [2.75, 3.05) is 39.8 Å². The molecule has 5 N–H and O–H groups in total. The summed E-state index contributed by atoms with van der Waals surface area (Å²) in [6.07, 6.45) is 1.58. The van der Waals surface area contributed by atoms with Crippen molar-refractivity contribution in [3.8, 4) is 0 Å². The predicted octanol–water partition coefficient (Wildman–Crippen LogP) is -0.587. The number of carboxylic acid groups (broad SMARTS) is 1. The number of piperazine rings is 1. The Labute approximate surface area is 187 Å². The lowest BCUT2D eigenvalue weighted by atomic mass is 10.3. The molecule has 1 aliphatic heterocycles. The first-order valence-electron chi connectivity index (χ1n) is 10.3. The molecule has 2 heterocycles. The van der Waals surface area contributed by atoms with Gasteiger partial charge in [-0.15, -0.1) is 5.10 Å². The Balaban J connectivity index is 0.000000520. The van der Waals surface area contributed by atoms with Crippen LogP contribution in [0.4, 0.5) is 0 Å². The number of hydrogen-bond acceptors (Lipinski definition) is 7. The van der Waals surface area contributed by atoms with Crippen LogP contribution in [0.2, 0.25) is 0 Å². The van der Waals surface area contributed by atoms with E-state index in [2.05, 4.69) is 20.6 Å². The number of amides is 1. The van der Waals surface area contributed by atoms with Gasteiger partial charge in [-0.3, -0.25) is 15.0 Å². The smallest absolute Gasteiger partial charge is 0.305 e. The highest BCUT2D eigenvalue weighted by atomic mass is 16.4. The van der Waals surface area contributed by atoms with Crippen LogP contribution in [-0.2, 0) is 22.7 Å². The Bertz CT molecular complexity index is 824. The molecule has 0 unspecified atom stereocenters. The molecule has 0 aliphatic carbocycles. The number of hydrazine groups is 1. The maximum absolute atomic E-state index is 11.7. The molecule has 1 aliphatic rings. The third kappa shape index (κ3) is 9.10. The van der Waals surface area contributed by atoms with Gasteiger partial charge in [0.1, 0.15) is 6.54 Å². The highest BCUT2D eigenvalue weighted by molar-refractivity contribution is 5.76. The SMILES string of the molecule is CN(Cc1cn(CC(=O)NCCC(=O)O)nn1)N1CCN(C(=N)N)CC1.c1ccccc1. The third-order valence-electron chi connectivity index (χ3n) is 4.69. The van der Waals surface area contributed by atoms with Crippen molar-refractivity contribution in [2.45, 2.75) is 19.5 Å². The fourth-order valence-corrected chi connectivity index (χ4v) is 3.00. The van der Waals surface area contributed by atoms with Gasteiger partial charge in [0, 0.05) is 39.8 Å². The van der Waals surface area contributed by atoms with E-state index < -0.39 is 5.97 Å². The molecular weight excluding hydrogens is 414 g/mol. The Morgan fingerprint density at radius 2 is 1.75 bits per heavy atom. The highest BCUT2D eigenvalue weighted by Crippen LogP contribution is 2.07. The topological polar surface area (TPSA) is 157 Å². The van der Waals surface area contributed by atoms with Gasteiger partial charge in [-0.05, 0) is 0 Å². The van der Waals surface area contributed by atoms with Crippen molar-refractivity contribution in [3.63, 3.8) is 0 Å². The normalized spacial score (nSPS) is 13.9. The van der Waals surface area contributed by atoms with Gasteiger partial charge in [-0.1, -0.05) is 41.6 Å². The average molecular weight is 446 g/mol. The summed E-state index contributed by atoms with van der Waals surface area (Å²) >= 11 is 0. The van der Waals surface area contributed by atoms with Gasteiger partial charge >= 0.3 is 5.97 Å². The van der Waals surface area contributed by atoms with E-state index in [1.165, 1.54) is 4.68 Å². The van der Waals surface area contributed by atoms with Gasteiger partial charge in [-0.2, -0.15) is 0 Å². The van der Waals surface area contributed by atoms with Crippen molar-refractivity contribution in [2.24, 2.45) is 5.73 Å². The lowest BCUT2D eigenvalue weighted by Crippen LogP contribution is -2.54. The molecule has 0 saturated carbocycles. The Morgan fingerprint density at radius 3 is 2.28 bits per heavy atom. The molecule has 1 aromatic heterocycles. The van der Waals surface area contributed by atoms with Crippen molar-refractivity contribution >= 4 is 17.8 Å². The lowest BCUT2D eigenvalue weighted by Gasteiger charge is -2.39. The molecule has 1 amide bonds. The summed E-state index contributed by atoms with van der Waals surface area (Å²) in [5.74, 6) is -1.17. The quantitative estimate of drug-likeness (QED) is 0.308. The van der Waals surface area contributed by atoms with Crippen molar-refractivity contribution in [3.05, 3.63) is 48.3 Å². The number of carbonyl (C=O) groups is 2. The first-order chi connectivity index (χ1) is 15.3. The van der Waals surface area contributed by atoms with Crippen LogP contribution < -0.4 is 11.1 Å². The van der Waals surface area contributed by atoms with E-state index in [1.54, 1.807) is 6.20 Å². The molecule has 0 bridgehead atoms. The molecule has 12 nitrogen and oxygen atoms in total. The monoisotopic (exact) mass is 445 g/mol. The van der Waals surface area contributed by atoms with E-state index in [0.29, 0.717) is 19.6 Å². The zero-order valence-electron chi connectivity index (χ0n) is 18.2. The highest BCUT2D eigenvalue weighted by Gasteiger charge is 2.21. The number of carbonyl (C=O) groups excluding carboxylic acids is 1. The number of rotatable bonds is 8. The number of carboxylic acids is 1.